The molecule has 0 spiro atoms. The van der Waals surface area contributed by atoms with Crippen molar-refractivity contribution in [2.45, 2.75) is 0 Å². The molecule has 1 aliphatic heterocycles. The second kappa shape index (κ2) is 6.49. The highest BCUT2D eigenvalue weighted by atomic mass is 16.5. The average Bonchev–Trinajstić information content (AvgIpc) is 3.19. The summed E-state index contributed by atoms with van der Waals surface area (Å²) in [7, 11) is 0. The fourth-order valence-corrected chi connectivity index (χ4v) is 3.42. The zero-order valence-electron chi connectivity index (χ0n) is 14.9. The standard InChI is InChI=1S/C20H16N4O4/c25-17-13-4-1-2-5-15(13)27-19-14(17)12-16(28-19)18(26)23-8-10-24(11-9-23)20-21-6-3-7-22-20/h1-7,12H,8-11H2. The minimum Gasteiger partial charge on any atom is -0.425 e. The SMILES string of the molecule is O=C(c1cc2c(=O)c3ccccc3oc2o1)N1CCN(c2ncccn2)CC1. The Hall–Kier alpha value is -3.68. The lowest BCUT2D eigenvalue weighted by molar-refractivity contribution is 0.0714. The molecule has 140 valence electrons. The molecule has 5 rings (SSSR count). The Balaban J connectivity index is 1.40. The lowest BCUT2D eigenvalue weighted by Crippen LogP contribution is -2.49. The van der Waals surface area contributed by atoms with Crippen LogP contribution in [0.1, 0.15) is 10.6 Å². The Morgan fingerprint density at radius 2 is 1.68 bits per heavy atom. The number of hydrogen-bond acceptors (Lipinski definition) is 7. The number of nitrogens with zero attached hydrogens (tertiary/aromatic N) is 4. The summed E-state index contributed by atoms with van der Waals surface area (Å²) in [6.45, 7) is 2.27. The average molecular weight is 376 g/mol. The molecule has 0 radical (unpaired) electrons. The molecule has 8 nitrogen and oxygen atoms in total. The number of benzene rings is 1. The van der Waals surface area contributed by atoms with Gasteiger partial charge in [-0.2, -0.15) is 0 Å². The molecule has 1 saturated heterocycles. The van der Waals surface area contributed by atoms with Crippen molar-refractivity contribution in [3.05, 3.63) is 64.8 Å². The Morgan fingerprint density at radius 1 is 0.929 bits per heavy atom. The third kappa shape index (κ3) is 2.70. The van der Waals surface area contributed by atoms with Gasteiger partial charge in [-0.25, -0.2) is 9.97 Å². The van der Waals surface area contributed by atoms with Crippen molar-refractivity contribution in [3.63, 3.8) is 0 Å². The third-order valence-electron chi connectivity index (χ3n) is 4.89. The van der Waals surface area contributed by atoms with E-state index in [1.807, 2.05) is 4.90 Å². The summed E-state index contributed by atoms with van der Waals surface area (Å²) in [6.07, 6.45) is 3.39. The molecule has 4 aromatic rings. The highest BCUT2D eigenvalue weighted by molar-refractivity contribution is 5.97. The molecule has 3 aromatic heterocycles. The van der Waals surface area contributed by atoms with Gasteiger partial charge in [0.25, 0.3) is 5.91 Å². The van der Waals surface area contributed by atoms with E-state index in [4.69, 9.17) is 8.83 Å². The van der Waals surface area contributed by atoms with Crippen LogP contribution < -0.4 is 10.3 Å². The summed E-state index contributed by atoms with van der Waals surface area (Å²) in [5.74, 6) is 0.572. The molecule has 0 unspecified atom stereocenters. The number of hydrogen-bond donors (Lipinski definition) is 0. The van der Waals surface area contributed by atoms with Gasteiger partial charge >= 0.3 is 5.78 Å². The number of carbonyl (C=O) groups is 1. The van der Waals surface area contributed by atoms with E-state index in [9.17, 15) is 9.59 Å². The summed E-state index contributed by atoms with van der Waals surface area (Å²) in [6, 6.07) is 10.2. The quantitative estimate of drug-likeness (QED) is 0.530. The fraction of sp³-hybridized carbons (Fsp3) is 0.200. The molecular formula is C20H16N4O4. The van der Waals surface area contributed by atoms with Gasteiger partial charge in [0.1, 0.15) is 11.0 Å². The Morgan fingerprint density at radius 3 is 2.46 bits per heavy atom. The molecule has 0 bridgehead atoms. The smallest absolute Gasteiger partial charge is 0.302 e. The maximum Gasteiger partial charge on any atom is 0.302 e. The van der Waals surface area contributed by atoms with Gasteiger partial charge in [0.2, 0.25) is 11.4 Å². The van der Waals surface area contributed by atoms with Crippen molar-refractivity contribution in [3.8, 4) is 0 Å². The highest BCUT2D eigenvalue weighted by Gasteiger charge is 2.26. The maximum atomic E-state index is 12.9. The van der Waals surface area contributed by atoms with E-state index in [-0.39, 0.29) is 28.3 Å². The number of para-hydroxylation sites is 1. The van der Waals surface area contributed by atoms with Crippen molar-refractivity contribution in [2.24, 2.45) is 0 Å². The molecule has 0 aliphatic carbocycles. The molecule has 0 atom stereocenters. The number of piperazine rings is 1. The molecule has 1 fully saturated rings. The first-order valence-electron chi connectivity index (χ1n) is 8.97. The molecular weight excluding hydrogens is 360 g/mol. The lowest BCUT2D eigenvalue weighted by atomic mass is 10.2. The van der Waals surface area contributed by atoms with E-state index in [0.29, 0.717) is 43.1 Å². The normalized spacial score (nSPS) is 14.7. The minimum absolute atomic E-state index is 0.0726. The van der Waals surface area contributed by atoms with Gasteiger partial charge in [-0.1, -0.05) is 12.1 Å². The van der Waals surface area contributed by atoms with Gasteiger partial charge in [-0.3, -0.25) is 9.59 Å². The van der Waals surface area contributed by atoms with E-state index in [0.717, 1.165) is 0 Å². The monoisotopic (exact) mass is 376 g/mol. The molecule has 4 heterocycles. The zero-order valence-corrected chi connectivity index (χ0v) is 14.9. The molecule has 1 aliphatic rings. The van der Waals surface area contributed by atoms with E-state index in [1.54, 1.807) is 47.6 Å². The fourth-order valence-electron chi connectivity index (χ4n) is 3.42. The Bertz CT molecular complexity index is 1220. The van der Waals surface area contributed by atoms with Gasteiger partial charge in [-0.15, -0.1) is 0 Å². The summed E-state index contributed by atoms with van der Waals surface area (Å²) < 4.78 is 11.2. The lowest BCUT2D eigenvalue weighted by Gasteiger charge is -2.34. The number of carbonyl (C=O) groups excluding carboxylic acids is 1. The van der Waals surface area contributed by atoms with Crippen molar-refractivity contribution < 1.29 is 13.6 Å². The van der Waals surface area contributed by atoms with Gasteiger partial charge in [0.15, 0.2) is 5.76 Å². The number of fused-ring (bicyclic) bond motifs is 2. The van der Waals surface area contributed by atoms with E-state index in [2.05, 4.69) is 9.97 Å². The molecule has 0 saturated carbocycles. The van der Waals surface area contributed by atoms with Crippen LogP contribution in [0.3, 0.4) is 0 Å². The van der Waals surface area contributed by atoms with Crippen molar-refractivity contribution in [1.29, 1.82) is 0 Å². The van der Waals surface area contributed by atoms with Crippen LogP contribution in [0.2, 0.25) is 0 Å². The first-order valence-corrected chi connectivity index (χ1v) is 8.97. The third-order valence-corrected chi connectivity index (χ3v) is 4.89. The molecule has 28 heavy (non-hydrogen) atoms. The van der Waals surface area contributed by atoms with Crippen LogP contribution in [-0.2, 0) is 0 Å². The number of amides is 1. The van der Waals surface area contributed by atoms with E-state index < -0.39 is 0 Å². The first-order chi connectivity index (χ1) is 13.7. The number of furan rings is 1. The Labute approximate surface area is 159 Å². The number of anilines is 1. The van der Waals surface area contributed by atoms with Crippen LogP contribution >= 0.6 is 0 Å². The van der Waals surface area contributed by atoms with E-state index in [1.165, 1.54) is 6.07 Å². The van der Waals surface area contributed by atoms with Crippen LogP contribution in [0.25, 0.3) is 22.1 Å². The molecule has 1 amide bonds. The van der Waals surface area contributed by atoms with Crippen molar-refractivity contribution >= 4 is 34.0 Å². The number of aromatic nitrogens is 2. The molecule has 8 heteroatoms. The van der Waals surface area contributed by atoms with Crippen LogP contribution in [0.5, 0.6) is 0 Å². The summed E-state index contributed by atoms with van der Waals surface area (Å²) in [5, 5.41) is 0.740. The topological polar surface area (TPSA) is 92.7 Å². The second-order valence-corrected chi connectivity index (χ2v) is 6.57. The largest absolute Gasteiger partial charge is 0.425 e. The van der Waals surface area contributed by atoms with Gasteiger partial charge in [-0.05, 0) is 18.2 Å². The van der Waals surface area contributed by atoms with Crippen molar-refractivity contribution in [1.82, 2.24) is 14.9 Å². The van der Waals surface area contributed by atoms with Gasteiger partial charge in [0.05, 0.1) is 5.39 Å². The van der Waals surface area contributed by atoms with Crippen LogP contribution in [0.4, 0.5) is 5.95 Å². The maximum absolute atomic E-state index is 12.9. The Kier molecular flexibility index (Phi) is 3.82. The summed E-state index contributed by atoms with van der Waals surface area (Å²) >= 11 is 0. The highest BCUT2D eigenvalue weighted by Crippen LogP contribution is 2.23. The second-order valence-electron chi connectivity index (χ2n) is 6.57. The summed E-state index contributed by atoms with van der Waals surface area (Å²) in [5.41, 5.74) is 0.232. The van der Waals surface area contributed by atoms with Crippen LogP contribution in [0.15, 0.2) is 62.4 Å². The van der Waals surface area contributed by atoms with Crippen LogP contribution in [0, 0.1) is 0 Å². The predicted molar refractivity (Wildman–Crippen MR) is 102 cm³/mol. The molecule has 0 N–H and O–H groups in total. The zero-order chi connectivity index (χ0) is 19.1. The van der Waals surface area contributed by atoms with Gasteiger partial charge in [0, 0.05) is 44.6 Å². The van der Waals surface area contributed by atoms with Crippen LogP contribution in [-0.4, -0.2) is 47.0 Å². The van der Waals surface area contributed by atoms with E-state index >= 15 is 0 Å². The summed E-state index contributed by atoms with van der Waals surface area (Å²) in [4.78, 5) is 37.7. The number of rotatable bonds is 2. The van der Waals surface area contributed by atoms with Crippen molar-refractivity contribution in [2.75, 3.05) is 31.1 Å². The predicted octanol–water partition coefficient (Wildman–Crippen LogP) is 2.29. The minimum atomic E-state index is -0.261. The first kappa shape index (κ1) is 16.5. The van der Waals surface area contributed by atoms with Gasteiger partial charge < -0.3 is 18.6 Å². The molecule has 1 aromatic carbocycles.